The Hall–Kier alpha value is -0.980. The van der Waals surface area contributed by atoms with Gasteiger partial charge in [-0.1, -0.05) is 46.2 Å². The Morgan fingerprint density at radius 2 is 1.47 bits per heavy atom. The van der Waals surface area contributed by atoms with Crippen LogP contribution in [0, 0.1) is 5.41 Å². The summed E-state index contributed by atoms with van der Waals surface area (Å²) >= 11 is 0. The first-order valence-corrected chi connectivity index (χ1v) is 7.42. The van der Waals surface area contributed by atoms with Gasteiger partial charge < -0.3 is 4.74 Å². The van der Waals surface area contributed by atoms with E-state index in [-0.39, 0.29) is 5.60 Å². The van der Waals surface area contributed by atoms with Gasteiger partial charge in [0.25, 0.3) is 0 Å². The molecular weight excluding hydrogens is 232 g/mol. The molecule has 1 heteroatoms. The molecule has 0 saturated carbocycles. The van der Waals surface area contributed by atoms with Gasteiger partial charge in [-0.15, -0.1) is 0 Å². The van der Waals surface area contributed by atoms with Gasteiger partial charge in [-0.3, -0.25) is 0 Å². The second kappa shape index (κ2) is 5.98. The van der Waals surface area contributed by atoms with E-state index < -0.39 is 0 Å². The van der Waals surface area contributed by atoms with Crippen molar-refractivity contribution in [2.24, 2.45) is 5.41 Å². The highest BCUT2D eigenvalue weighted by Gasteiger charge is 2.25. The van der Waals surface area contributed by atoms with Crippen molar-refractivity contribution in [2.45, 2.75) is 72.8 Å². The van der Waals surface area contributed by atoms with Crippen LogP contribution < -0.4 is 4.74 Å². The summed E-state index contributed by atoms with van der Waals surface area (Å²) in [6, 6.07) is 8.67. The number of hydrogen-bond donors (Lipinski definition) is 0. The third kappa shape index (κ3) is 5.26. The van der Waals surface area contributed by atoms with Crippen LogP contribution >= 0.6 is 0 Å². The average molecular weight is 262 g/mol. The average Bonchev–Trinajstić information content (AvgIpc) is 2.23. The fourth-order valence-electron chi connectivity index (χ4n) is 2.51. The molecule has 1 aromatic rings. The zero-order valence-corrected chi connectivity index (χ0v) is 13.7. The minimum absolute atomic E-state index is 0.131. The number of hydrogen-bond acceptors (Lipinski definition) is 1. The van der Waals surface area contributed by atoms with Crippen molar-refractivity contribution in [3.8, 4) is 5.75 Å². The molecule has 0 aliphatic rings. The topological polar surface area (TPSA) is 9.23 Å². The van der Waals surface area contributed by atoms with Gasteiger partial charge in [0.15, 0.2) is 0 Å². The van der Waals surface area contributed by atoms with Crippen molar-refractivity contribution in [3.05, 3.63) is 29.8 Å². The van der Waals surface area contributed by atoms with Gasteiger partial charge in [0.2, 0.25) is 0 Å². The molecule has 1 nitrogen and oxygen atoms in total. The van der Waals surface area contributed by atoms with Crippen molar-refractivity contribution in [1.29, 1.82) is 0 Å². The molecule has 1 unspecified atom stereocenters. The monoisotopic (exact) mass is 262 g/mol. The lowest BCUT2D eigenvalue weighted by Crippen LogP contribution is -2.23. The van der Waals surface area contributed by atoms with Gasteiger partial charge in [0.05, 0.1) is 0 Å². The summed E-state index contributed by atoms with van der Waals surface area (Å²) in [5, 5.41) is 0. The highest BCUT2D eigenvalue weighted by molar-refractivity contribution is 5.30. The van der Waals surface area contributed by atoms with Gasteiger partial charge in [-0.05, 0) is 56.2 Å². The first-order chi connectivity index (χ1) is 8.63. The van der Waals surface area contributed by atoms with E-state index in [0.29, 0.717) is 11.3 Å². The molecule has 19 heavy (non-hydrogen) atoms. The van der Waals surface area contributed by atoms with E-state index in [4.69, 9.17) is 4.74 Å². The second-order valence-electron chi connectivity index (χ2n) is 7.49. The Morgan fingerprint density at radius 1 is 0.947 bits per heavy atom. The smallest absolute Gasteiger partial charge is 0.120 e. The Labute approximate surface area is 119 Å². The highest BCUT2D eigenvalue weighted by Crippen LogP contribution is 2.39. The maximum atomic E-state index is 5.88. The molecule has 1 rings (SSSR count). The van der Waals surface area contributed by atoms with E-state index >= 15 is 0 Å². The molecule has 0 spiro atoms. The molecule has 0 aromatic heterocycles. The summed E-state index contributed by atoms with van der Waals surface area (Å²) in [6.07, 6.45) is 2.46. The Kier molecular flexibility index (Phi) is 5.06. The van der Waals surface area contributed by atoms with Gasteiger partial charge in [0, 0.05) is 0 Å². The van der Waals surface area contributed by atoms with Crippen LogP contribution in [0.4, 0.5) is 0 Å². The second-order valence-corrected chi connectivity index (χ2v) is 7.49. The molecule has 0 heterocycles. The summed E-state index contributed by atoms with van der Waals surface area (Å²) in [7, 11) is 0. The molecule has 0 fully saturated rings. The minimum Gasteiger partial charge on any atom is -0.488 e. The molecule has 0 amide bonds. The molecule has 108 valence electrons. The van der Waals surface area contributed by atoms with Crippen LogP contribution in [-0.4, -0.2) is 5.60 Å². The van der Waals surface area contributed by atoms with E-state index in [1.807, 2.05) is 0 Å². The summed E-state index contributed by atoms with van der Waals surface area (Å²) in [4.78, 5) is 0. The summed E-state index contributed by atoms with van der Waals surface area (Å²) < 4.78 is 5.88. The summed E-state index contributed by atoms with van der Waals surface area (Å²) in [5.41, 5.74) is 1.60. The Balaban J connectivity index is 2.90. The van der Waals surface area contributed by atoms with Gasteiger partial charge in [-0.25, -0.2) is 0 Å². The predicted octanol–water partition coefficient (Wildman–Crippen LogP) is 5.79. The van der Waals surface area contributed by atoms with Crippen LogP contribution in [0.15, 0.2) is 24.3 Å². The number of benzene rings is 1. The van der Waals surface area contributed by atoms with Gasteiger partial charge >= 0.3 is 0 Å². The fraction of sp³-hybridized carbons (Fsp3) is 0.667. The lowest BCUT2D eigenvalue weighted by molar-refractivity contribution is 0.131. The third-order valence-corrected chi connectivity index (χ3v) is 3.33. The van der Waals surface area contributed by atoms with Crippen LogP contribution in [0.1, 0.15) is 72.8 Å². The maximum absolute atomic E-state index is 5.88. The highest BCUT2D eigenvalue weighted by atomic mass is 16.5. The molecular formula is C18H30O. The van der Waals surface area contributed by atoms with Gasteiger partial charge in [-0.2, -0.15) is 0 Å². The lowest BCUT2D eigenvalue weighted by Gasteiger charge is -2.31. The summed E-state index contributed by atoms with van der Waals surface area (Å²) in [6.45, 7) is 15.5. The maximum Gasteiger partial charge on any atom is 0.120 e. The van der Waals surface area contributed by atoms with Crippen molar-refractivity contribution in [1.82, 2.24) is 0 Å². The van der Waals surface area contributed by atoms with Crippen molar-refractivity contribution >= 4 is 0 Å². The fourth-order valence-corrected chi connectivity index (χ4v) is 2.51. The minimum atomic E-state index is -0.131. The predicted molar refractivity (Wildman–Crippen MR) is 83.9 cm³/mol. The van der Waals surface area contributed by atoms with E-state index in [0.717, 1.165) is 5.75 Å². The van der Waals surface area contributed by atoms with Crippen molar-refractivity contribution in [3.63, 3.8) is 0 Å². The van der Waals surface area contributed by atoms with Crippen LogP contribution in [0.25, 0.3) is 0 Å². The van der Waals surface area contributed by atoms with Gasteiger partial charge in [0.1, 0.15) is 11.4 Å². The quantitative estimate of drug-likeness (QED) is 0.667. The Morgan fingerprint density at radius 3 is 1.84 bits per heavy atom. The van der Waals surface area contributed by atoms with Crippen LogP contribution in [0.3, 0.4) is 0 Å². The molecule has 0 bridgehead atoms. The van der Waals surface area contributed by atoms with E-state index in [9.17, 15) is 0 Å². The van der Waals surface area contributed by atoms with Crippen molar-refractivity contribution < 1.29 is 4.74 Å². The standard InChI is InChI=1S/C18H30O/c1-8-9-16(17(2,3)4)14-10-12-15(13-11-14)19-18(5,6)7/h10-13,16H,8-9H2,1-7H3. The number of rotatable bonds is 4. The van der Waals surface area contributed by atoms with Crippen LogP contribution in [0.5, 0.6) is 5.75 Å². The van der Waals surface area contributed by atoms with E-state index in [1.54, 1.807) is 0 Å². The SMILES string of the molecule is CCCC(c1ccc(OC(C)(C)C)cc1)C(C)(C)C. The normalized spacial score (nSPS) is 14.3. The largest absolute Gasteiger partial charge is 0.488 e. The van der Waals surface area contributed by atoms with Crippen LogP contribution in [-0.2, 0) is 0 Å². The first kappa shape index (κ1) is 16.1. The molecule has 1 atom stereocenters. The molecule has 1 aromatic carbocycles. The first-order valence-electron chi connectivity index (χ1n) is 7.42. The molecule has 0 radical (unpaired) electrons. The Bertz CT molecular complexity index is 376. The van der Waals surface area contributed by atoms with E-state index in [1.165, 1.54) is 18.4 Å². The number of ether oxygens (including phenoxy) is 1. The van der Waals surface area contributed by atoms with E-state index in [2.05, 4.69) is 72.7 Å². The molecule has 0 aliphatic carbocycles. The third-order valence-electron chi connectivity index (χ3n) is 3.33. The summed E-state index contributed by atoms with van der Waals surface area (Å²) in [5.74, 6) is 1.57. The molecule has 0 N–H and O–H groups in total. The zero-order valence-electron chi connectivity index (χ0n) is 13.7. The van der Waals surface area contributed by atoms with Crippen LogP contribution in [0.2, 0.25) is 0 Å². The van der Waals surface area contributed by atoms with Crippen molar-refractivity contribution in [2.75, 3.05) is 0 Å². The lowest BCUT2D eigenvalue weighted by atomic mass is 9.74. The zero-order chi connectivity index (χ0) is 14.7. The molecule has 0 aliphatic heterocycles. The molecule has 0 saturated heterocycles.